The van der Waals surface area contributed by atoms with Crippen LogP contribution in [0.5, 0.6) is 0 Å². The van der Waals surface area contributed by atoms with Gasteiger partial charge in [-0.15, -0.1) is 0 Å². The molecule has 0 spiro atoms. The maximum atomic E-state index is 9.87. The van der Waals surface area contributed by atoms with Crippen molar-refractivity contribution in [1.29, 1.82) is 0 Å². The van der Waals surface area contributed by atoms with E-state index in [-0.39, 0.29) is 6.10 Å². The predicted molar refractivity (Wildman–Crippen MR) is 68.0 cm³/mol. The van der Waals surface area contributed by atoms with Crippen LogP contribution in [0.25, 0.3) is 0 Å². The standard InChI is InChI=1S/C12H20ClN3O/c1-8-4-5-16(7-11(8)17)6-10-12(13)9(2)14-15(10)3/h8,11,17H,4-7H2,1-3H3. The van der Waals surface area contributed by atoms with Crippen LogP contribution in [0.3, 0.4) is 0 Å². The lowest BCUT2D eigenvalue weighted by Gasteiger charge is -2.34. The summed E-state index contributed by atoms with van der Waals surface area (Å²) in [5, 5.41) is 14.9. The van der Waals surface area contributed by atoms with E-state index >= 15 is 0 Å². The highest BCUT2D eigenvalue weighted by atomic mass is 35.5. The van der Waals surface area contributed by atoms with Crippen LogP contribution in [0.2, 0.25) is 5.02 Å². The highest BCUT2D eigenvalue weighted by Gasteiger charge is 2.25. The van der Waals surface area contributed by atoms with Gasteiger partial charge in [-0.1, -0.05) is 18.5 Å². The van der Waals surface area contributed by atoms with E-state index in [2.05, 4.69) is 16.9 Å². The molecule has 1 fully saturated rings. The van der Waals surface area contributed by atoms with Crippen LogP contribution in [0.15, 0.2) is 0 Å². The van der Waals surface area contributed by atoms with Crippen LogP contribution in [-0.2, 0) is 13.6 Å². The van der Waals surface area contributed by atoms with Crippen LogP contribution < -0.4 is 0 Å². The number of aliphatic hydroxyl groups is 1. The maximum Gasteiger partial charge on any atom is 0.0860 e. The first-order valence-electron chi connectivity index (χ1n) is 6.07. The third kappa shape index (κ3) is 2.64. The molecule has 4 nitrogen and oxygen atoms in total. The molecule has 2 heterocycles. The van der Waals surface area contributed by atoms with Crippen molar-refractivity contribution in [2.24, 2.45) is 13.0 Å². The Morgan fingerprint density at radius 3 is 2.76 bits per heavy atom. The fraction of sp³-hybridized carbons (Fsp3) is 0.750. The Morgan fingerprint density at radius 2 is 2.24 bits per heavy atom. The Kier molecular flexibility index (Phi) is 3.76. The van der Waals surface area contributed by atoms with Crippen molar-refractivity contribution in [1.82, 2.24) is 14.7 Å². The molecule has 0 bridgehead atoms. The highest BCUT2D eigenvalue weighted by Crippen LogP contribution is 2.24. The van der Waals surface area contributed by atoms with Crippen molar-refractivity contribution >= 4 is 11.6 Å². The molecule has 17 heavy (non-hydrogen) atoms. The summed E-state index contributed by atoms with van der Waals surface area (Å²) in [5.74, 6) is 0.398. The predicted octanol–water partition coefficient (Wildman–Crippen LogP) is 1.58. The van der Waals surface area contributed by atoms with E-state index in [0.29, 0.717) is 5.92 Å². The monoisotopic (exact) mass is 257 g/mol. The van der Waals surface area contributed by atoms with Crippen molar-refractivity contribution < 1.29 is 5.11 Å². The number of likely N-dealkylation sites (tertiary alicyclic amines) is 1. The molecule has 0 aromatic carbocycles. The summed E-state index contributed by atoms with van der Waals surface area (Å²) in [6, 6.07) is 0. The average molecular weight is 258 g/mol. The fourth-order valence-electron chi connectivity index (χ4n) is 2.32. The van der Waals surface area contributed by atoms with Crippen molar-refractivity contribution in [3.8, 4) is 0 Å². The van der Waals surface area contributed by atoms with Gasteiger partial charge in [0.25, 0.3) is 0 Å². The summed E-state index contributed by atoms with van der Waals surface area (Å²) in [4.78, 5) is 2.24. The number of nitrogens with zero attached hydrogens (tertiary/aromatic N) is 3. The zero-order valence-electron chi connectivity index (χ0n) is 10.6. The lowest BCUT2D eigenvalue weighted by Crippen LogP contribution is -2.42. The number of aromatic nitrogens is 2. The molecule has 0 amide bonds. The zero-order valence-corrected chi connectivity index (χ0v) is 11.4. The summed E-state index contributed by atoms with van der Waals surface area (Å²) in [7, 11) is 1.91. The number of rotatable bonds is 2. The van der Waals surface area contributed by atoms with Crippen LogP contribution in [0.1, 0.15) is 24.7 Å². The molecule has 1 aliphatic heterocycles. The molecule has 1 aromatic rings. The number of hydrogen-bond donors (Lipinski definition) is 1. The molecule has 1 N–H and O–H groups in total. The van der Waals surface area contributed by atoms with Gasteiger partial charge in [0.1, 0.15) is 0 Å². The number of aliphatic hydroxyl groups excluding tert-OH is 1. The highest BCUT2D eigenvalue weighted by molar-refractivity contribution is 6.31. The molecule has 1 aromatic heterocycles. The molecule has 2 atom stereocenters. The summed E-state index contributed by atoms with van der Waals surface area (Å²) in [6.07, 6.45) is 0.812. The molecule has 1 aliphatic rings. The first-order chi connectivity index (χ1) is 7.99. The maximum absolute atomic E-state index is 9.87. The number of β-amino-alcohol motifs (C(OH)–C–C–N with tert-alkyl or cyclic N) is 1. The second-order valence-corrected chi connectivity index (χ2v) is 5.42. The molecule has 1 saturated heterocycles. The molecule has 2 unspecified atom stereocenters. The Balaban J connectivity index is 2.06. The van der Waals surface area contributed by atoms with Gasteiger partial charge in [-0.25, -0.2) is 0 Å². The van der Waals surface area contributed by atoms with Crippen LogP contribution in [0, 0.1) is 12.8 Å². The van der Waals surface area contributed by atoms with E-state index in [1.165, 1.54) is 0 Å². The molecule has 0 radical (unpaired) electrons. The quantitative estimate of drug-likeness (QED) is 0.875. The van der Waals surface area contributed by atoms with Crippen LogP contribution in [0.4, 0.5) is 0 Å². The first kappa shape index (κ1) is 12.9. The largest absolute Gasteiger partial charge is 0.392 e. The van der Waals surface area contributed by atoms with E-state index in [1.54, 1.807) is 0 Å². The fourth-order valence-corrected chi connectivity index (χ4v) is 2.54. The minimum Gasteiger partial charge on any atom is -0.392 e. The van der Waals surface area contributed by atoms with Crippen molar-refractivity contribution in [3.05, 3.63) is 16.4 Å². The van der Waals surface area contributed by atoms with E-state index in [9.17, 15) is 5.11 Å². The molecule has 2 rings (SSSR count). The first-order valence-corrected chi connectivity index (χ1v) is 6.45. The number of aryl methyl sites for hydroxylation is 2. The number of piperidine rings is 1. The van der Waals surface area contributed by atoms with Gasteiger partial charge < -0.3 is 5.11 Å². The molecule has 5 heteroatoms. The second-order valence-electron chi connectivity index (χ2n) is 5.04. The van der Waals surface area contributed by atoms with Gasteiger partial charge in [0, 0.05) is 20.1 Å². The Morgan fingerprint density at radius 1 is 1.53 bits per heavy atom. The van der Waals surface area contributed by atoms with Gasteiger partial charge in [0.15, 0.2) is 0 Å². The normalized spacial score (nSPS) is 26.4. The summed E-state index contributed by atoms with van der Waals surface area (Å²) in [6.45, 7) is 6.52. The van der Waals surface area contributed by atoms with Crippen molar-refractivity contribution in [2.45, 2.75) is 32.9 Å². The minimum absolute atomic E-state index is 0.225. The van der Waals surface area contributed by atoms with E-state index < -0.39 is 0 Å². The molecule has 0 saturated carbocycles. The Bertz CT molecular complexity index is 405. The van der Waals surface area contributed by atoms with Crippen LogP contribution in [-0.4, -0.2) is 39.0 Å². The molecular formula is C12H20ClN3O. The molecular weight excluding hydrogens is 238 g/mol. The van der Waals surface area contributed by atoms with Gasteiger partial charge in [0.05, 0.1) is 22.5 Å². The third-order valence-corrected chi connectivity index (χ3v) is 4.13. The summed E-state index contributed by atoms with van der Waals surface area (Å²) < 4.78 is 1.84. The van der Waals surface area contributed by atoms with E-state index in [1.807, 2.05) is 18.7 Å². The Labute approximate surface area is 107 Å². The van der Waals surface area contributed by atoms with Gasteiger partial charge in [-0.3, -0.25) is 9.58 Å². The van der Waals surface area contributed by atoms with E-state index in [4.69, 9.17) is 11.6 Å². The SMILES string of the molecule is Cc1nn(C)c(CN2CCC(C)C(O)C2)c1Cl. The minimum atomic E-state index is -0.225. The topological polar surface area (TPSA) is 41.3 Å². The van der Waals surface area contributed by atoms with Gasteiger partial charge in [-0.2, -0.15) is 5.10 Å². The lowest BCUT2D eigenvalue weighted by atomic mass is 9.96. The average Bonchev–Trinajstić information content (AvgIpc) is 2.50. The Hall–Kier alpha value is -0.580. The van der Waals surface area contributed by atoms with Crippen molar-refractivity contribution in [2.75, 3.05) is 13.1 Å². The van der Waals surface area contributed by atoms with Gasteiger partial charge in [0.2, 0.25) is 0 Å². The van der Waals surface area contributed by atoms with Crippen LogP contribution >= 0.6 is 11.6 Å². The number of halogens is 1. The third-order valence-electron chi connectivity index (χ3n) is 3.64. The van der Waals surface area contributed by atoms with E-state index in [0.717, 1.165) is 42.5 Å². The lowest BCUT2D eigenvalue weighted by molar-refractivity contribution is 0.0250. The smallest absolute Gasteiger partial charge is 0.0860 e. The zero-order chi connectivity index (χ0) is 12.6. The summed E-state index contributed by atoms with van der Waals surface area (Å²) >= 11 is 6.23. The van der Waals surface area contributed by atoms with Crippen molar-refractivity contribution in [3.63, 3.8) is 0 Å². The van der Waals surface area contributed by atoms with Gasteiger partial charge in [-0.05, 0) is 25.8 Å². The van der Waals surface area contributed by atoms with Gasteiger partial charge >= 0.3 is 0 Å². The summed E-state index contributed by atoms with van der Waals surface area (Å²) in [5.41, 5.74) is 1.90. The molecule has 0 aliphatic carbocycles. The number of hydrogen-bond acceptors (Lipinski definition) is 3. The molecule has 96 valence electrons. The second kappa shape index (κ2) is 4.96.